The van der Waals surface area contributed by atoms with Crippen LogP contribution in [-0.2, 0) is 0 Å². The standard InChI is InChI=1S/C16H11ClN2O2S/c17-12-3-6-15-14(9-12)19-16(21-15)22-8-7-20-13-4-1-11(10-18)2-5-13/h1-6,9H,7-8H2. The number of nitriles is 1. The Balaban J connectivity index is 1.52. The number of fused-ring (bicyclic) bond motifs is 1. The second-order valence-corrected chi connectivity index (χ2v) is 5.91. The predicted octanol–water partition coefficient (Wildman–Crippen LogP) is 4.52. The van der Waals surface area contributed by atoms with Gasteiger partial charge in [-0.1, -0.05) is 23.4 Å². The van der Waals surface area contributed by atoms with Gasteiger partial charge in [-0.3, -0.25) is 0 Å². The van der Waals surface area contributed by atoms with E-state index in [0.717, 1.165) is 16.8 Å². The van der Waals surface area contributed by atoms with Gasteiger partial charge in [0, 0.05) is 10.8 Å². The molecule has 0 saturated heterocycles. The van der Waals surface area contributed by atoms with Crippen molar-refractivity contribution in [1.82, 2.24) is 4.98 Å². The first-order valence-corrected chi connectivity index (χ1v) is 7.93. The summed E-state index contributed by atoms with van der Waals surface area (Å²) in [5.74, 6) is 1.45. The molecule has 0 unspecified atom stereocenters. The molecular weight excluding hydrogens is 320 g/mol. The Bertz CT molecular complexity index is 824. The van der Waals surface area contributed by atoms with Gasteiger partial charge in [-0.15, -0.1) is 0 Å². The van der Waals surface area contributed by atoms with Crippen LogP contribution < -0.4 is 4.74 Å². The lowest BCUT2D eigenvalue weighted by Crippen LogP contribution is -1.99. The van der Waals surface area contributed by atoms with E-state index >= 15 is 0 Å². The van der Waals surface area contributed by atoms with Crippen LogP contribution in [0.4, 0.5) is 0 Å². The van der Waals surface area contributed by atoms with Crippen LogP contribution in [0.15, 0.2) is 52.1 Å². The lowest BCUT2D eigenvalue weighted by molar-refractivity contribution is 0.343. The molecule has 22 heavy (non-hydrogen) atoms. The first-order valence-electron chi connectivity index (χ1n) is 6.56. The summed E-state index contributed by atoms with van der Waals surface area (Å²) in [5, 5.41) is 9.96. The minimum atomic E-state index is 0.524. The van der Waals surface area contributed by atoms with Gasteiger partial charge in [-0.05, 0) is 42.5 Å². The number of aromatic nitrogens is 1. The summed E-state index contributed by atoms with van der Waals surface area (Å²) in [5.41, 5.74) is 2.09. The zero-order valence-electron chi connectivity index (χ0n) is 11.5. The van der Waals surface area contributed by atoms with Gasteiger partial charge in [-0.2, -0.15) is 5.26 Å². The molecule has 0 atom stereocenters. The molecule has 0 amide bonds. The van der Waals surface area contributed by atoms with Crippen molar-refractivity contribution in [3.05, 3.63) is 53.1 Å². The molecule has 0 aliphatic heterocycles. The molecule has 0 aliphatic rings. The van der Waals surface area contributed by atoms with Crippen molar-refractivity contribution in [1.29, 1.82) is 5.26 Å². The molecule has 3 rings (SSSR count). The quantitative estimate of drug-likeness (QED) is 0.508. The second-order valence-electron chi connectivity index (χ2n) is 4.42. The number of halogens is 1. The highest BCUT2D eigenvalue weighted by molar-refractivity contribution is 7.99. The Hall–Kier alpha value is -2.16. The maximum atomic E-state index is 8.73. The first kappa shape index (κ1) is 14.8. The highest BCUT2D eigenvalue weighted by Gasteiger charge is 2.06. The van der Waals surface area contributed by atoms with Gasteiger partial charge < -0.3 is 9.15 Å². The highest BCUT2D eigenvalue weighted by atomic mass is 35.5. The fraction of sp³-hybridized carbons (Fsp3) is 0.125. The molecule has 0 bridgehead atoms. The largest absolute Gasteiger partial charge is 0.493 e. The molecule has 0 fully saturated rings. The molecule has 3 aromatic rings. The predicted molar refractivity (Wildman–Crippen MR) is 86.4 cm³/mol. The van der Waals surface area contributed by atoms with E-state index < -0.39 is 0 Å². The van der Waals surface area contributed by atoms with Gasteiger partial charge >= 0.3 is 0 Å². The fourth-order valence-electron chi connectivity index (χ4n) is 1.86. The average Bonchev–Trinajstić information content (AvgIpc) is 2.94. The normalized spacial score (nSPS) is 10.5. The number of ether oxygens (including phenoxy) is 1. The number of benzene rings is 2. The number of thioether (sulfide) groups is 1. The van der Waals surface area contributed by atoms with Crippen LogP contribution in [0.2, 0.25) is 5.02 Å². The van der Waals surface area contributed by atoms with E-state index in [9.17, 15) is 0 Å². The van der Waals surface area contributed by atoms with Gasteiger partial charge in [0.1, 0.15) is 11.3 Å². The molecule has 1 heterocycles. The van der Waals surface area contributed by atoms with Crippen molar-refractivity contribution >= 4 is 34.5 Å². The molecule has 0 aliphatic carbocycles. The van der Waals surface area contributed by atoms with E-state index in [1.54, 1.807) is 36.4 Å². The zero-order chi connectivity index (χ0) is 15.4. The van der Waals surface area contributed by atoms with Crippen LogP contribution in [0.5, 0.6) is 5.75 Å². The summed E-state index contributed by atoms with van der Waals surface area (Å²) in [7, 11) is 0. The van der Waals surface area contributed by atoms with Gasteiger partial charge in [0.2, 0.25) is 0 Å². The van der Waals surface area contributed by atoms with Crippen LogP contribution in [-0.4, -0.2) is 17.3 Å². The summed E-state index contributed by atoms with van der Waals surface area (Å²) >= 11 is 7.40. The zero-order valence-corrected chi connectivity index (χ0v) is 13.0. The minimum Gasteiger partial charge on any atom is -0.493 e. The van der Waals surface area contributed by atoms with Crippen molar-refractivity contribution in [2.45, 2.75) is 5.22 Å². The van der Waals surface area contributed by atoms with Crippen molar-refractivity contribution in [2.75, 3.05) is 12.4 Å². The molecule has 0 N–H and O–H groups in total. The van der Waals surface area contributed by atoms with E-state index in [0.29, 0.717) is 28.2 Å². The van der Waals surface area contributed by atoms with Crippen LogP contribution >= 0.6 is 23.4 Å². The SMILES string of the molecule is N#Cc1ccc(OCCSc2nc3cc(Cl)ccc3o2)cc1. The smallest absolute Gasteiger partial charge is 0.256 e. The maximum absolute atomic E-state index is 8.73. The van der Waals surface area contributed by atoms with Crippen LogP contribution in [0, 0.1) is 11.3 Å². The van der Waals surface area contributed by atoms with Gasteiger partial charge in [0.05, 0.1) is 18.2 Å². The number of oxazole rings is 1. The van der Waals surface area contributed by atoms with Crippen molar-refractivity contribution in [3.8, 4) is 11.8 Å². The summed E-state index contributed by atoms with van der Waals surface area (Å²) in [6.45, 7) is 0.524. The number of hydrogen-bond acceptors (Lipinski definition) is 5. The average molecular weight is 331 g/mol. The monoisotopic (exact) mass is 330 g/mol. The molecule has 1 aromatic heterocycles. The van der Waals surface area contributed by atoms with Gasteiger partial charge in [-0.25, -0.2) is 4.98 Å². The van der Waals surface area contributed by atoms with E-state index in [4.69, 9.17) is 26.0 Å². The maximum Gasteiger partial charge on any atom is 0.256 e. The Kier molecular flexibility index (Phi) is 4.52. The van der Waals surface area contributed by atoms with Gasteiger partial charge in [0.25, 0.3) is 5.22 Å². The summed E-state index contributed by atoms with van der Waals surface area (Å²) < 4.78 is 11.2. The van der Waals surface area contributed by atoms with E-state index in [1.165, 1.54) is 11.8 Å². The van der Waals surface area contributed by atoms with Crippen molar-refractivity contribution in [3.63, 3.8) is 0 Å². The molecule has 0 radical (unpaired) electrons. The number of rotatable bonds is 5. The van der Waals surface area contributed by atoms with E-state index in [1.807, 2.05) is 6.07 Å². The lowest BCUT2D eigenvalue weighted by atomic mass is 10.2. The second kappa shape index (κ2) is 6.73. The Labute approximate surface area is 136 Å². The summed E-state index contributed by atoms with van der Waals surface area (Å²) in [6.07, 6.45) is 0. The third-order valence-electron chi connectivity index (χ3n) is 2.89. The summed E-state index contributed by atoms with van der Waals surface area (Å²) in [6, 6.07) is 14.5. The molecule has 6 heteroatoms. The first-order chi connectivity index (χ1) is 10.7. The third-order valence-corrected chi connectivity index (χ3v) is 3.92. The molecule has 0 saturated carbocycles. The van der Waals surface area contributed by atoms with Crippen LogP contribution in [0.3, 0.4) is 0 Å². The number of nitrogens with zero attached hydrogens (tertiary/aromatic N) is 2. The molecule has 0 spiro atoms. The van der Waals surface area contributed by atoms with Crippen LogP contribution in [0.25, 0.3) is 11.1 Å². The number of hydrogen-bond donors (Lipinski definition) is 0. The third kappa shape index (κ3) is 3.53. The molecule has 4 nitrogen and oxygen atoms in total. The molecule has 2 aromatic carbocycles. The lowest BCUT2D eigenvalue weighted by Gasteiger charge is -2.04. The van der Waals surface area contributed by atoms with Crippen molar-refractivity contribution in [2.24, 2.45) is 0 Å². The molecule has 110 valence electrons. The highest BCUT2D eigenvalue weighted by Crippen LogP contribution is 2.25. The molecular formula is C16H11ClN2O2S. The summed E-state index contributed by atoms with van der Waals surface area (Å²) in [4.78, 5) is 4.36. The Morgan fingerprint density at radius 1 is 1.23 bits per heavy atom. The Morgan fingerprint density at radius 3 is 2.82 bits per heavy atom. The van der Waals surface area contributed by atoms with E-state index in [2.05, 4.69) is 11.1 Å². The fourth-order valence-corrected chi connectivity index (χ4v) is 2.67. The van der Waals surface area contributed by atoms with Crippen molar-refractivity contribution < 1.29 is 9.15 Å². The Morgan fingerprint density at radius 2 is 2.05 bits per heavy atom. The topological polar surface area (TPSA) is 59.0 Å². The van der Waals surface area contributed by atoms with E-state index in [-0.39, 0.29) is 0 Å². The van der Waals surface area contributed by atoms with Gasteiger partial charge in [0.15, 0.2) is 5.58 Å². The van der Waals surface area contributed by atoms with Crippen LogP contribution in [0.1, 0.15) is 5.56 Å². The minimum absolute atomic E-state index is 0.524.